The Morgan fingerprint density at radius 3 is 2.85 bits per heavy atom. The second-order valence-electron chi connectivity index (χ2n) is 6.01. The summed E-state index contributed by atoms with van der Waals surface area (Å²) in [6, 6.07) is 10.9. The molecule has 0 aromatic heterocycles. The number of ether oxygens (including phenoxy) is 1. The van der Waals surface area contributed by atoms with Crippen molar-refractivity contribution in [1.82, 2.24) is 10.2 Å². The van der Waals surface area contributed by atoms with Gasteiger partial charge in [-0.25, -0.2) is 0 Å². The molecule has 1 N–H and O–H groups in total. The van der Waals surface area contributed by atoms with Gasteiger partial charge in [0.1, 0.15) is 12.4 Å². The molecule has 3 heteroatoms. The number of likely N-dealkylation sites (tertiary alicyclic amines) is 1. The van der Waals surface area contributed by atoms with Crippen LogP contribution < -0.4 is 10.1 Å². The summed E-state index contributed by atoms with van der Waals surface area (Å²) in [5, 5.41) is 3.56. The van der Waals surface area contributed by atoms with Gasteiger partial charge in [-0.3, -0.25) is 4.90 Å². The van der Waals surface area contributed by atoms with E-state index >= 15 is 0 Å². The van der Waals surface area contributed by atoms with Crippen molar-refractivity contribution in [3.63, 3.8) is 0 Å². The van der Waals surface area contributed by atoms with Crippen LogP contribution in [-0.2, 0) is 0 Å². The van der Waals surface area contributed by atoms with Crippen molar-refractivity contribution in [2.45, 2.75) is 31.7 Å². The number of benzene rings is 1. The number of nitrogens with zero attached hydrogens (tertiary/aromatic N) is 1. The minimum Gasteiger partial charge on any atom is -0.492 e. The highest BCUT2D eigenvalue weighted by atomic mass is 16.5. The van der Waals surface area contributed by atoms with Gasteiger partial charge in [0.25, 0.3) is 0 Å². The van der Waals surface area contributed by atoms with Crippen LogP contribution in [0.4, 0.5) is 0 Å². The van der Waals surface area contributed by atoms with Crippen LogP contribution in [0.25, 0.3) is 0 Å². The standard InChI is InChI=1S/C17H26N2O/c1-2-7-16(8-3-1)20-13-12-19-11-5-9-17(19)15-6-4-10-18-14-15/h1-3,7-8,15,17-18H,4-6,9-14H2. The molecule has 3 nitrogen and oxygen atoms in total. The summed E-state index contributed by atoms with van der Waals surface area (Å²) in [4.78, 5) is 2.65. The Morgan fingerprint density at radius 1 is 1.15 bits per heavy atom. The Labute approximate surface area is 122 Å². The van der Waals surface area contributed by atoms with E-state index in [0.29, 0.717) is 0 Å². The van der Waals surface area contributed by atoms with Gasteiger partial charge in [-0.05, 0) is 63.4 Å². The summed E-state index contributed by atoms with van der Waals surface area (Å²) in [7, 11) is 0. The quantitative estimate of drug-likeness (QED) is 0.893. The molecular formula is C17H26N2O. The average molecular weight is 274 g/mol. The van der Waals surface area contributed by atoms with Crippen LogP contribution >= 0.6 is 0 Å². The Bertz CT molecular complexity index is 389. The lowest BCUT2D eigenvalue weighted by Crippen LogP contribution is -2.44. The molecule has 1 aromatic rings. The van der Waals surface area contributed by atoms with Gasteiger partial charge in [-0.1, -0.05) is 18.2 Å². The fourth-order valence-corrected chi connectivity index (χ4v) is 3.67. The predicted octanol–water partition coefficient (Wildman–Crippen LogP) is 2.53. The monoisotopic (exact) mass is 274 g/mol. The van der Waals surface area contributed by atoms with E-state index in [-0.39, 0.29) is 0 Å². The number of hydrogen-bond donors (Lipinski definition) is 1. The van der Waals surface area contributed by atoms with E-state index in [1.807, 2.05) is 30.3 Å². The van der Waals surface area contributed by atoms with Gasteiger partial charge in [0.15, 0.2) is 0 Å². The molecule has 3 rings (SSSR count). The third-order valence-corrected chi connectivity index (χ3v) is 4.68. The van der Waals surface area contributed by atoms with Crippen LogP contribution in [0.5, 0.6) is 5.75 Å². The van der Waals surface area contributed by atoms with Gasteiger partial charge in [0.2, 0.25) is 0 Å². The fourth-order valence-electron chi connectivity index (χ4n) is 3.67. The molecule has 0 aliphatic carbocycles. The zero-order chi connectivity index (χ0) is 13.6. The Balaban J connectivity index is 1.46. The van der Waals surface area contributed by atoms with Crippen molar-refractivity contribution >= 4 is 0 Å². The molecule has 2 fully saturated rings. The van der Waals surface area contributed by atoms with Crippen LogP contribution in [0.2, 0.25) is 0 Å². The molecule has 0 amide bonds. The summed E-state index contributed by atoms with van der Waals surface area (Å²) in [5.74, 6) is 1.84. The Morgan fingerprint density at radius 2 is 2.05 bits per heavy atom. The van der Waals surface area contributed by atoms with Crippen LogP contribution in [0.1, 0.15) is 25.7 Å². The molecule has 0 spiro atoms. The molecule has 0 bridgehead atoms. The highest BCUT2D eigenvalue weighted by Gasteiger charge is 2.31. The van der Waals surface area contributed by atoms with Crippen molar-refractivity contribution in [3.8, 4) is 5.75 Å². The normalized spacial score (nSPS) is 27.6. The van der Waals surface area contributed by atoms with Gasteiger partial charge in [0.05, 0.1) is 0 Å². The zero-order valence-electron chi connectivity index (χ0n) is 12.3. The number of piperidine rings is 1. The van der Waals surface area contributed by atoms with Crippen LogP contribution in [0.3, 0.4) is 0 Å². The first-order chi connectivity index (χ1) is 9.93. The number of para-hydroxylation sites is 1. The molecular weight excluding hydrogens is 248 g/mol. The molecule has 20 heavy (non-hydrogen) atoms. The van der Waals surface area contributed by atoms with E-state index < -0.39 is 0 Å². The van der Waals surface area contributed by atoms with Crippen molar-refractivity contribution < 1.29 is 4.74 Å². The number of nitrogens with one attached hydrogen (secondary N) is 1. The molecule has 0 radical (unpaired) electrons. The first-order valence-corrected chi connectivity index (χ1v) is 8.06. The summed E-state index contributed by atoms with van der Waals surface area (Å²) in [6.45, 7) is 5.54. The van der Waals surface area contributed by atoms with Crippen molar-refractivity contribution in [2.24, 2.45) is 5.92 Å². The zero-order valence-corrected chi connectivity index (χ0v) is 12.3. The summed E-state index contributed by atoms with van der Waals surface area (Å²) < 4.78 is 5.85. The Hall–Kier alpha value is -1.06. The number of hydrogen-bond acceptors (Lipinski definition) is 3. The van der Waals surface area contributed by atoms with E-state index in [0.717, 1.165) is 30.9 Å². The van der Waals surface area contributed by atoms with Gasteiger partial charge in [-0.2, -0.15) is 0 Å². The molecule has 2 saturated heterocycles. The smallest absolute Gasteiger partial charge is 0.119 e. The molecule has 2 heterocycles. The molecule has 2 aliphatic rings. The first kappa shape index (κ1) is 13.9. The van der Waals surface area contributed by atoms with Crippen molar-refractivity contribution in [3.05, 3.63) is 30.3 Å². The average Bonchev–Trinajstić information content (AvgIpc) is 2.98. The molecule has 1 aromatic carbocycles. The second kappa shape index (κ2) is 7.09. The summed E-state index contributed by atoms with van der Waals surface area (Å²) in [6.07, 6.45) is 5.47. The summed E-state index contributed by atoms with van der Waals surface area (Å²) >= 11 is 0. The largest absolute Gasteiger partial charge is 0.492 e. The SMILES string of the molecule is c1ccc(OCCN2CCCC2C2CCCNC2)cc1. The minimum atomic E-state index is 0.780. The van der Waals surface area contributed by atoms with E-state index in [1.54, 1.807) is 0 Å². The van der Waals surface area contributed by atoms with E-state index in [4.69, 9.17) is 4.74 Å². The molecule has 2 atom stereocenters. The van der Waals surface area contributed by atoms with Crippen molar-refractivity contribution in [1.29, 1.82) is 0 Å². The number of rotatable bonds is 5. The van der Waals surface area contributed by atoms with Crippen molar-refractivity contribution in [2.75, 3.05) is 32.8 Å². The summed E-state index contributed by atoms with van der Waals surface area (Å²) in [5.41, 5.74) is 0. The maximum absolute atomic E-state index is 5.85. The van der Waals surface area contributed by atoms with Crippen LogP contribution in [0.15, 0.2) is 30.3 Å². The predicted molar refractivity (Wildman–Crippen MR) is 82.1 cm³/mol. The highest BCUT2D eigenvalue weighted by molar-refractivity contribution is 5.20. The highest BCUT2D eigenvalue weighted by Crippen LogP contribution is 2.27. The van der Waals surface area contributed by atoms with Crippen LogP contribution in [-0.4, -0.2) is 43.7 Å². The molecule has 2 unspecified atom stereocenters. The molecule has 2 aliphatic heterocycles. The maximum Gasteiger partial charge on any atom is 0.119 e. The lowest BCUT2D eigenvalue weighted by Gasteiger charge is -2.34. The van der Waals surface area contributed by atoms with E-state index in [2.05, 4.69) is 10.2 Å². The van der Waals surface area contributed by atoms with E-state index in [9.17, 15) is 0 Å². The minimum absolute atomic E-state index is 0.780. The van der Waals surface area contributed by atoms with Gasteiger partial charge in [0, 0.05) is 12.6 Å². The third-order valence-electron chi connectivity index (χ3n) is 4.68. The lowest BCUT2D eigenvalue weighted by molar-refractivity contribution is 0.142. The van der Waals surface area contributed by atoms with Gasteiger partial charge < -0.3 is 10.1 Å². The maximum atomic E-state index is 5.85. The third kappa shape index (κ3) is 3.53. The molecule has 0 saturated carbocycles. The van der Waals surface area contributed by atoms with Crippen LogP contribution in [0, 0.1) is 5.92 Å². The second-order valence-corrected chi connectivity index (χ2v) is 6.01. The van der Waals surface area contributed by atoms with Gasteiger partial charge >= 0.3 is 0 Å². The topological polar surface area (TPSA) is 24.5 Å². The van der Waals surface area contributed by atoms with Gasteiger partial charge in [-0.15, -0.1) is 0 Å². The lowest BCUT2D eigenvalue weighted by atomic mass is 9.90. The fraction of sp³-hybridized carbons (Fsp3) is 0.647. The Kier molecular flexibility index (Phi) is 4.93. The molecule has 110 valence electrons. The van der Waals surface area contributed by atoms with E-state index in [1.165, 1.54) is 45.3 Å². The first-order valence-electron chi connectivity index (χ1n) is 8.06.